The average Bonchev–Trinajstić information content (AvgIpc) is 2.79. The molecule has 96 valence electrons. The van der Waals surface area contributed by atoms with Crippen LogP contribution in [0.2, 0.25) is 0 Å². The second-order valence-corrected chi connectivity index (χ2v) is 4.63. The van der Waals surface area contributed by atoms with Crippen molar-refractivity contribution < 1.29 is 22.7 Å². The zero-order valence-corrected chi connectivity index (χ0v) is 9.73. The highest BCUT2D eigenvalue weighted by atomic mass is 32.1. The molecule has 0 bridgehead atoms. The maximum Gasteiger partial charge on any atom is 0.416 e. The van der Waals surface area contributed by atoms with Gasteiger partial charge in [0.25, 0.3) is 0 Å². The van der Waals surface area contributed by atoms with E-state index in [0.29, 0.717) is 17.0 Å². The Kier molecular flexibility index (Phi) is 3.41. The van der Waals surface area contributed by atoms with Crippen LogP contribution in [0, 0.1) is 5.82 Å². The van der Waals surface area contributed by atoms with Crippen LogP contribution < -0.4 is 0 Å². The van der Waals surface area contributed by atoms with Crippen molar-refractivity contribution in [3.05, 3.63) is 57.5 Å². The molecular weight excluding hydrogens is 268 g/mol. The number of rotatable bonds is 2. The van der Waals surface area contributed by atoms with Gasteiger partial charge in [-0.05, 0) is 29.6 Å². The number of halogens is 4. The molecule has 0 saturated heterocycles. The molecule has 0 fully saturated rings. The molecule has 1 nitrogen and oxygen atoms in total. The van der Waals surface area contributed by atoms with E-state index in [1.807, 2.05) is 0 Å². The fraction of sp³-hybridized carbons (Fsp3) is 0.167. The van der Waals surface area contributed by atoms with Gasteiger partial charge in [-0.15, -0.1) is 11.3 Å². The summed E-state index contributed by atoms with van der Waals surface area (Å²) >= 11 is 1.11. The van der Waals surface area contributed by atoms with E-state index in [-0.39, 0.29) is 0 Å². The number of aliphatic hydroxyl groups excluding tert-OH is 1. The maximum atomic E-state index is 13.1. The Bertz CT molecular complexity index is 534. The maximum absolute atomic E-state index is 13.1. The number of thiophene rings is 1. The van der Waals surface area contributed by atoms with Crippen molar-refractivity contribution in [1.29, 1.82) is 0 Å². The molecule has 0 aliphatic carbocycles. The minimum atomic E-state index is -4.62. The highest BCUT2D eigenvalue weighted by molar-refractivity contribution is 7.10. The summed E-state index contributed by atoms with van der Waals surface area (Å²) in [5.41, 5.74) is -1.49. The first-order valence-electron chi connectivity index (χ1n) is 4.97. The minimum Gasteiger partial charge on any atom is -0.383 e. The van der Waals surface area contributed by atoms with Gasteiger partial charge in [0, 0.05) is 10.4 Å². The summed E-state index contributed by atoms with van der Waals surface area (Å²) in [5.74, 6) is -0.811. The van der Waals surface area contributed by atoms with Gasteiger partial charge in [-0.3, -0.25) is 0 Å². The van der Waals surface area contributed by atoms with Crippen LogP contribution in [0.4, 0.5) is 17.6 Å². The lowest BCUT2D eigenvalue weighted by atomic mass is 10.0. The third-order valence-corrected chi connectivity index (χ3v) is 3.35. The van der Waals surface area contributed by atoms with Gasteiger partial charge >= 0.3 is 6.18 Å². The average molecular weight is 276 g/mol. The van der Waals surface area contributed by atoms with Crippen LogP contribution >= 0.6 is 11.3 Å². The molecular formula is C12H8F4OS. The molecule has 1 N–H and O–H groups in total. The first kappa shape index (κ1) is 13.0. The standard InChI is InChI=1S/C12H8F4OS/c13-7-3-4-9(12(14,15)16)8(6-7)11(17)10-2-1-5-18-10/h1-6,11,17H. The van der Waals surface area contributed by atoms with Crippen LogP contribution in [0.25, 0.3) is 0 Å². The highest BCUT2D eigenvalue weighted by Crippen LogP contribution is 2.37. The Morgan fingerprint density at radius 1 is 1.17 bits per heavy atom. The van der Waals surface area contributed by atoms with Gasteiger partial charge in [-0.1, -0.05) is 6.07 Å². The Hall–Kier alpha value is -1.40. The number of aliphatic hydroxyl groups is 1. The fourth-order valence-corrected chi connectivity index (χ4v) is 2.35. The van der Waals surface area contributed by atoms with Crippen LogP contribution in [0.3, 0.4) is 0 Å². The molecule has 1 unspecified atom stereocenters. The summed E-state index contributed by atoms with van der Waals surface area (Å²) < 4.78 is 51.3. The van der Waals surface area contributed by atoms with Crippen LogP contribution in [0.1, 0.15) is 22.1 Å². The zero-order chi connectivity index (χ0) is 13.3. The van der Waals surface area contributed by atoms with Crippen molar-refractivity contribution in [2.75, 3.05) is 0 Å². The molecule has 2 rings (SSSR count). The largest absolute Gasteiger partial charge is 0.416 e. The molecule has 0 aliphatic heterocycles. The van der Waals surface area contributed by atoms with Gasteiger partial charge in [-0.25, -0.2) is 4.39 Å². The smallest absolute Gasteiger partial charge is 0.383 e. The van der Waals surface area contributed by atoms with Crippen LogP contribution in [0.5, 0.6) is 0 Å². The molecule has 18 heavy (non-hydrogen) atoms. The lowest BCUT2D eigenvalue weighted by Gasteiger charge is -2.16. The van der Waals surface area contributed by atoms with Crippen molar-refractivity contribution in [1.82, 2.24) is 0 Å². The second-order valence-electron chi connectivity index (χ2n) is 3.65. The lowest BCUT2D eigenvalue weighted by Crippen LogP contribution is -2.12. The van der Waals surface area contributed by atoms with Crippen LogP contribution in [-0.2, 0) is 6.18 Å². The van der Waals surface area contributed by atoms with Crippen molar-refractivity contribution in [2.45, 2.75) is 12.3 Å². The lowest BCUT2D eigenvalue weighted by molar-refractivity contribution is -0.139. The van der Waals surface area contributed by atoms with E-state index in [1.54, 1.807) is 11.4 Å². The highest BCUT2D eigenvalue weighted by Gasteiger charge is 2.35. The first-order valence-corrected chi connectivity index (χ1v) is 5.85. The molecule has 1 aromatic heterocycles. The van der Waals surface area contributed by atoms with Crippen LogP contribution in [-0.4, -0.2) is 5.11 Å². The first-order chi connectivity index (χ1) is 8.39. The molecule has 0 saturated carbocycles. The molecule has 6 heteroatoms. The molecule has 1 heterocycles. The minimum absolute atomic E-state index is 0.339. The van der Waals surface area contributed by atoms with E-state index < -0.39 is 29.2 Å². The molecule has 1 atom stereocenters. The Morgan fingerprint density at radius 3 is 2.44 bits per heavy atom. The molecule has 1 aromatic carbocycles. The Morgan fingerprint density at radius 2 is 1.89 bits per heavy atom. The SMILES string of the molecule is OC(c1cccs1)c1cc(F)ccc1C(F)(F)F. The van der Waals surface area contributed by atoms with E-state index in [0.717, 1.165) is 17.4 Å². The van der Waals surface area contributed by atoms with E-state index in [2.05, 4.69) is 0 Å². The summed E-state index contributed by atoms with van der Waals surface area (Å²) in [5, 5.41) is 11.5. The summed E-state index contributed by atoms with van der Waals surface area (Å²) in [6.45, 7) is 0. The molecule has 0 amide bonds. The monoisotopic (exact) mass is 276 g/mol. The fourth-order valence-electron chi connectivity index (χ4n) is 1.62. The van der Waals surface area contributed by atoms with Crippen molar-refractivity contribution in [3.8, 4) is 0 Å². The number of hydrogen-bond donors (Lipinski definition) is 1. The molecule has 2 aromatic rings. The van der Waals surface area contributed by atoms with E-state index in [9.17, 15) is 22.7 Å². The number of benzene rings is 1. The number of alkyl halides is 3. The van der Waals surface area contributed by atoms with Crippen LogP contribution in [0.15, 0.2) is 35.7 Å². The topological polar surface area (TPSA) is 20.2 Å². The molecule has 0 aliphatic rings. The summed E-state index contributed by atoms with van der Waals surface area (Å²) in [7, 11) is 0. The van der Waals surface area contributed by atoms with E-state index in [4.69, 9.17) is 0 Å². The quantitative estimate of drug-likeness (QED) is 0.822. The van der Waals surface area contributed by atoms with Gasteiger partial charge in [0.2, 0.25) is 0 Å². The third-order valence-electron chi connectivity index (χ3n) is 2.43. The van der Waals surface area contributed by atoms with Crippen molar-refractivity contribution >= 4 is 11.3 Å². The van der Waals surface area contributed by atoms with Gasteiger partial charge in [0.1, 0.15) is 11.9 Å². The van der Waals surface area contributed by atoms with Gasteiger partial charge < -0.3 is 5.11 Å². The van der Waals surface area contributed by atoms with Gasteiger partial charge in [-0.2, -0.15) is 13.2 Å². The Balaban J connectivity index is 2.52. The zero-order valence-electron chi connectivity index (χ0n) is 8.91. The van der Waals surface area contributed by atoms with E-state index in [1.165, 1.54) is 6.07 Å². The summed E-state index contributed by atoms with van der Waals surface area (Å²) in [4.78, 5) is 0.339. The molecule has 0 spiro atoms. The molecule has 0 radical (unpaired) electrons. The van der Waals surface area contributed by atoms with Crippen molar-refractivity contribution in [3.63, 3.8) is 0 Å². The third kappa shape index (κ3) is 2.54. The predicted octanol–water partition coefficient (Wildman–Crippen LogP) is 3.99. The van der Waals surface area contributed by atoms with Crippen molar-refractivity contribution in [2.24, 2.45) is 0 Å². The summed E-state index contributed by atoms with van der Waals surface area (Å²) in [6.07, 6.45) is -6.10. The van der Waals surface area contributed by atoms with Gasteiger partial charge in [0.15, 0.2) is 0 Å². The normalized spacial score (nSPS) is 13.6. The van der Waals surface area contributed by atoms with Gasteiger partial charge in [0.05, 0.1) is 5.56 Å². The van der Waals surface area contributed by atoms with E-state index >= 15 is 0 Å². The number of hydrogen-bond acceptors (Lipinski definition) is 2. The Labute approximate surface area is 104 Å². The predicted molar refractivity (Wildman–Crippen MR) is 59.8 cm³/mol. The summed E-state index contributed by atoms with van der Waals surface area (Å²) in [6, 6.07) is 5.19. The second kappa shape index (κ2) is 4.70.